The number of benzene rings is 3. The maximum absolute atomic E-state index is 14.3. The highest BCUT2D eigenvalue weighted by atomic mass is 32.2. The molecule has 0 radical (unpaired) electrons. The highest BCUT2D eigenvalue weighted by molar-refractivity contribution is 7.85. The quantitative estimate of drug-likeness (QED) is 0.127. The average Bonchev–Trinajstić information content (AvgIpc) is 3.38. The van der Waals surface area contributed by atoms with Gasteiger partial charge in [0, 0.05) is 6.61 Å². The number of nitrogens with zero attached hydrogens (tertiary/aromatic N) is 2. The van der Waals surface area contributed by atoms with Crippen LogP contribution in [0.1, 0.15) is 50.9 Å². The molecule has 1 atom stereocenters. The molecule has 0 aliphatic heterocycles. The fourth-order valence-corrected chi connectivity index (χ4v) is 10.3. The minimum Gasteiger partial charge on any atom is -0.407 e. The molecule has 0 aliphatic rings. The van der Waals surface area contributed by atoms with Crippen molar-refractivity contribution >= 4 is 28.8 Å². The Morgan fingerprint density at radius 1 is 0.950 bits per heavy atom. The summed E-state index contributed by atoms with van der Waals surface area (Å²) in [7, 11) is -6.32. The third-order valence-corrected chi connectivity index (χ3v) is 12.7. The van der Waals surface area contributed by atoms with Crippen LogP contribution in [-0.2, 0) is 25.3 Å². The van der Waals surface area contributed by atoms with Gasteiger partial charge in [0.25, 0.3) is 18.4 Å². The number of halogens is 1. The molecule has 1 heterocycles. The molecule has 1 unspecified atom stereocenters. The van der Waals surface area contributed by atoms with Crippen molar-refractivity contribution in [3.63, 3.8) is 0 Å². The van der Waals surface area contributed by atoms with Crippen LogP contribution in [-0.4, -0.2) is 39.1 Å². The fraction of sp³-hybridized carbons (Fsp3) is 0.323. The minimum atomic E-state index is -3.63. The van der Waals surface area contributed by atoms with E-state index in [2.05, 4.69) is 74.3 Å². The molecule has 40 heavy (non-hydrogen) atoms. The zero-order valence-corrected chi connectivity index (χ0v) is 25.3. The van der Waals surface area contributed by atoms with Gasteiger partial charge in [0.05, 0.1) is 30.5 Å². The standard InChI is InChI=1S/C31H37FN2O4SSi/c1-31(2,3)40(28-15-7-5-8-16-28,29-17-9-6-10-18-29)38-20-12-19-30(25-13-11-14-26(32)21-25)34-24-33-22-27(34)23-37-39(4,35)36/h5-11,13-18,21-22,24,30H,12,19-20,23H2,1-4H3. The maximum Gasteiger partial charge on any atom is 0.264 e. The van der Waals surface area contributed by atoms with Crippen LogP contribution in [0.4, 0.5) is 4.39 Å². The largest absolute Gasteiger partial charge is 0.407 e. The molecular formula is C31H37FN2O4SSi. The lowest BCUT2D eigenvalue weighted by Crippen LogP contribution is -2.66. The van der Waals surface area contributed by atoms with Crippen molar-refractivity contribution in [1.82, 2.24) is 9.55 Å². The first kappa shape index (κ1) is 29.9. The lowest BCUT2D eigenvalue weighted by Gasteiger charge is -2.43. The number of hydrogen-bond donors (Lipinski definition) is 0. The fourth-order valence-electron chi connectivity index (χ4n) is 5.34. The van der Waals surface area contributed by atoms with Crippen LogP contribution in [0.25, 0.3) is 0 Å². The Labute approximate surface area is 238 Å². The van der Waals surface area contributed by atoms with Crippen molar-refractivity contribution in [3.05, 3.63) is 115 Å². The Kier molecular flexibility index (Phi) is 9.40. The van der Waals surface area contributed by atoms with Crippen molar-refractivity contribution in [2.24, 2.45) is 0 Å². The molecule has 6 nitrogen and oxygen atoms in total. The van der Waals surface area contributed by atoms with Gasteiger partial charge >= 0.3 is 0 Å². The van der Waals surface area contributed by atoms with E-state index < -0.39 is 18.4 Å². The number of hydrogen-bond acceptors (Lipinski definition) is 5. The van der Waals surface area contributed by atoms with Crippen LogP contribution in [0.5, 0.6) is 0 Å². The average molecular weight is 581 g/mol. The second-order valence-electron chi connectivity index (χ2n) is 11.0. The van der Waals surface area contributed by atoms with E-state index >= 15 is 0 Å². The van der Waals surface area contributed by atoms with Crippen LogP contribution in [0.3, 0.4) is 0 Å². The van der Waals surface area contributed by atoms with Crippen molar-refractivity contribution in [2.45, 2.75) is 51.3 Å². The molecular weight excluding hydrogens is 544 g/mol. The molecule has 0 saturated carbocycles. The molecule has 0 saturated heterocycles. The highest BCUT2D eigenvalue weighted by Crippen LogP contribution is 2.37. The molecule has 212 valence electrons. The van der Waals surface area contributed by atoms with Crippen molar-refractivity contribution in [2.75, 3.05) is 12.9 Å². The molecule has 0 bridgehead atoms. The van der Waals surface area contributed by atoms with Gasteiger partial charge in [0.15, 0.2) is 0 Å². The first-order valence-corrected chi connectivity index (χ1v) is 17.1. The summed E-state index contributed by atoms with van der Waals surface area (Å²) in [5.41, 5.74) is 1.36. The number of rotatable bonds is 12. The molecule has 4 rings (SSSR count). The van der Waals surface area contributed by atoms with Gasteiger partial charge in [0.2, 0.25) is 0 Å². The summed E-state index contributed by atoms with van der Waals surface area (Å²) < 4.78 is 51.5. The highest BCUT2D eigenvalue weighted by Gasteiger charge is 2.50. The summed E-state index contributed by atoms with van der Waals surface area (Å²) >= 11 is 0. The van der Waals surface area contributed by atoms with Crippen LogP contribution >= 0.6 is 0 Å². The van der Waals surface area contributed by atoms with Gasteiger partial charge in [0.1, 0.15) is 12.4 Å². The lowest BCUT2D eigenvalue weighted by molar-refractivity contribution is 0.275. The predicted molar refractivity (Wildman–Crippen MR) is 159 cm³/mol. The van der Waals surface area contributed by atoms with E-state index in [4.69, 9.17) is 8.61 Å². The van der Waals surface area contributed by atoms with E-state index in [9.17, 15) is 12.8 Å². The van der Waals surface area contributed by atoms with E-state index in [0.29, 0.717) is 25.1 Å². The van der Waals surface area contributed by atoms with E-state index in [1.165, 1.54) is 22.5 Å². The third kappa shape index (κ3) is 6.96. The molecule has 3 aromatic carbocycles. The summed E-state index contributed by atoms with van der Waals surface area (Å²) in [4.78, 5) is 4.24. The number of aromatic nitrogens is 2. The Hall–Kier alpha value is -3.11. The van der Waals surface area contributed by atoms with Crippen LogP contribution in [0.2, 0.25) is 5.04 Å². The minimum absolute atomic E-state index is 0.141. The maximum atomic E-state index is 14.3. The van der Waals surface area contributed by atoms with Crippen LogP contribution in [0.15, 0.2) is 97.5 Å². The van der Waals surface area contributed by atoms with E-state index in [0.717, 1.165) is 11.8 Å². The van der Waals surface area contributed by atoms with Crippen molar-refractivity contribution < 1.29 is 21.4 Å². The van der Waals surface area contributed by atoms with Gasteiger partial charge in [-0.3, -0.25) is 4.18 Å². The molecule has 4 aromatic rings. The molecule has 0 N–H and O–H groups in total. The monoisotopic (exact) mass is 580 g/mol. The molecule has 0 fully saturated rings. The zero-order valence-electron chi connectivity index (χ0n) is 23.5. The van der Waals surface area contributed by atoms with Crippen LogP contribution in [0, 0.1) is 5.82 Å². The second kappa shape index (κ2) is 12.6. The Morgan fingerprint density at radius 2 is 1.57 bits per heavy atom. The molecule has 0 aliphatic carbocycles. The second-order valence-corrected chi connectivity index (χ2v) is 16.9. The van der Waals surface area contributed by atoms with Gasteiger partial charge < -0.3 is 8.99 Å². The predicted octanol–water partition coefficient (Wildman–Crippen LogP) is 5.44. The smallest absolute Gasteiger partial charge is 0.264 e. The third-order valence-electron chi connectivity index (χ3n) is 7.09. The first-order chi connectivity index (χ1) is 19.0. The first-order valence-electron chi connectivity index (χ1n) is 13.4. The summed E-state index contributed by atoms with van der Waals surface area (Å²) in [5, 5.41) is 2.29. The Bertz CT molecular complexity index is 1450. The topological polar surface area (TPSA) is 70.4 Å². The van der Waals surface area contributed by atoms with Crippen molar-refractivity contribution in [3.8, 4) is 0 Å². The van der Waals surface area contributed by atoms with E-state index in [-0.39, 0.29) is 23.5 Å². The number of imidazole rings is 1. The molecule has 0 spiro atoms. The summed E-state index contributed by atoms with van der Waals surface area (Å²) in [6, 6.07) is 27.2. The summed E-state index contributed by atoms with van der Waals surface area (Å²) in [6.07, 6.45) is 5.55. The summed E-state index contributed by atoms with van der Waals surface area (Å²) in [6.45, 7) is 7.09. The van der Waals surface area contributed by atoms with Crippen molar-refractivity contribution in [1.29, 1.82) is 0 Å². The van der Waals surface area contributed by atoms with Gasteiger partial charge in [-0.25, -0.2) is 9.37 Å². The van der Waals surface area contributed by atoms with Gasteiger partial charge in [-0.2, -0.15) is 8.42 Å². The van der Waals surface area contributed by atoms with Crippen LogP contribution < -0.4 is 10.4 Å². The van der Waals surface area contributed by atoms with Gasteiger partial charge in [-0.05, 0) is 45.9 Å². The van der Waals surface area contributed by atoms with E-state index in [1.54, 1.807) is 18.6 Å². The van der Waals surface area contributed by atoms with E-state index in [1.807, 2.05) is 22.8 Å². The molecule has 1 aromatic heterocycles. The summed E-state index contributed by atoms with van der Waals surface area (Å²) in [5.74, 6) is -0.333. The zero-order chi connectivity index (χ0) is 28.8. The normalized spacial score (nSPS) is 13.3. The lowest BCUT2D eigenvalue weighted by atomic mass is 10.0. The Morgan fingerprint density at radius 3 is 2.12 bits per heavy atom. The molecule has 0 amide bonds. The molecule has 9 heteroatoms. The van der Waals surface area contributed by atoms with Gasteiger partial charge in [-0.1, -0.05) is 93.6 Å². The SMILES string of the molecule is CC(C)(C)[Si](OCCCC(c1cccc(F)c1)n1cncc1COS(C)(=O)=O)(c1ccccc1)c1ccccc1. The van der Waals surface area contributed by atoms with Gasteiger partial charge in [-0.15, -0.1) is 0 Å². The Balaban J connectivity index is 1.62.